The van der Waals surface area contributed by atoms with Crippen molar-refractivity contribution in [2.45, 2.75) is 11.7 Å². The van der Waals surface area contributed by atoms with Crippen molar-refractivity contribution in [3.63, 3.8) is 0 Å². The van der Waals surface area contributed by atoms with E-state index in [0.29, 0.717) is 0 Å². The summed E-state index contributed by atoms with van der Waals surface area (Å²) in [6.45, 7) is 5.69. The topological polar surface area (TPSA) is 21.1 Å². The molecule has 0 atom stereocenters. The van der Waals surface area contributed by atoms with E-state index in [1.807, 2.05) is 12.1 Å². The van der Waals surface area contributed by atoms with Gasteiger partial charge in [-0.15, -0.1) is 6.58 Å². The van der Waals surface area contributed by atoms with E-state index in [0.717, 1.165) is 29.5 Å². The van der Waals surface area contributed by atoms with E-state index >= 15 is 0 Å². The monoisotopic (exact) mass is 261 g/mol. The Hall–Kier alpha value is -1.26. The van der Waals surface area contributed by atoms with Crippen LogP contribution in [0.3, 0.4) is 0 Å². The predicted octanol–water partition coefficient (Wildman–Crippen LogP) is 2.88. The third-order valence-corrected chi connectivity index (χ3v) is 3.66. The minimum absolute atomic E-state index is 0.810. The summed E-state index contributed by atoms with van der Waals surface area (Å²) in [6.07, 6.45) is 1.92. The SMILES string of the molecule is C=CCn1c(SCCN(C)C)nc2ccccc21. The second-order valence-corrected chi connectivity index (χ2v) is 5.50. The molecule has 4 heteroatoms. The minimum Gasteiger partial charge on any atom is -0.315 e. The van der Waals surface area contributed by atoms with E-state index in [1.165, 1.54) is 5.52 Å². The Kier molecular flexibility index (Phi) is 4.44. The highest BCUT2D eigenvalue weighted by Gasteiger charge is 2.09. The Morgan fingerprint density at radius 1 is 1.39 bits per heavy atom. The van der Waals surface area contributed by atoms with Crippen LogP contribution in [0.25, 0.3) is 11.0 Å². The van der Waals surface area contributed by atoms with Crippen LogP contribution in [0.15, 0.2) is 42.1 Å². The molecule has 1 aromatic heterocycles. The number of aromatic nitrogens is 2. The smallest absolute Gasteiger partial charge is 0.169 e. The normalized spacial score (nSPS) is 11.3. The number of imidazole rings is 1. The Balaban J connectivity index is 2.24. The molecule has 0 N–H and O–H groups in total. The number of thioether (sulfide) groups is 1. The molecule has 96 valence electrons. The summed E-state index contributed by atoms with van der Waals surface area (Å²) in [7, 11) is 4.18. The molecule has 0 radical (unpaired) electrons. The quantitative estimate of drug-likeness (QED) is 0.589. The molecule has 1 aromatic carbocycles. The van der Waals surface area contributed by atoms with Gasteiger partial charge >= 0.3 is 0 Å². The van der Waals surface area contributed by atoms with Crippen LogP contribution >= 0.6 is 11.8 Å². The van der Waals surface area contributed by atoms with Crippen LogP contribution in [0, 0.1) is 0 Å². The van der Waals surface area contributed by atoms with E-state index in [4.69, 9.17) is 0 Å². The van der Waals surface area contributed by atoms with Crippen molar-refractivity contribution >= 4 is 22.8 Å². The van der Waals surface area contributed by atoms with Crippen molar-refractivity contribution in [3.05, 3.63) is 36.9 Å². The molecule has 2 aromatic rings. The van der Waals surface area contributed by atoms with Crippen LogP contribution in [0.1, 0.15) is 0 Å². The standard InChI is InChI=1S/C14H19N3S/c1-4-9-17-13-8-6-5-7-12(13)15-14(17)18-11-10-16(2)3/h4-8H,1,9-11H2,2-3H3. The summed E-state index contributed by atoms with van der Waals surface area (Å²) in [5.41, 5.74) is 2.25. The van der Waals surface area contributed by atoms with Gasteiger partial charge in [0, 0.05) is 18.8 Å². The Labute approximate surface area is 112 Å². The van der Waals surface area contributed by atoms with Crippen molar-refractivity contribution in [1.82, 2.24) is 14.5 Å². The second-order valence-electron chi connectivity index (χ2n) is 4.43. The van der Waals surface area contributed by atoms with E-state index in [9.17, 15) is 0 Å². The van der Waals surface area contributed by atoms with Crippen molar-refractivity contribution in [3.8, 4) is 0 Å². The molecule has 0 fully saturated rings. The maximum Gasteiger partial charge on any atom is 0.169 e. The fourth-order valence-corrected chi connectivity index (χ4v) is 2.92. The number of hydrogen-bond acceptors (Lipinski definition) is 3. The van der Waals surface area contributed by atoms with Gasteiger partial charge in [-0.1, -0.05) is 30.0 Å². The first-order valence-corrected chi connectivity index (χ1v) is 7.04. The molecular weight excluding hydrogens is 242 g/mol. The van der Waals surface area contributed by atoms with Crippen molar-refractivity contribution in [2.75, 3.05) is 26.4 Å². The van der Waals surface area contributed by atoms with Gasteiger partial charge in [-0.05, 0) is 26.2 Å². The van der Waals surface area contributed by atoms with Gasteiger partial charge in [-0.2, -0.15) is 0 Å². The molecule has 0 saturated heterocycles. The number of nitrogens with zero attached hydrogens (tertiary/aromatic N) is 3. The number of allylic oxidation sites excluding steroid dienone is 1. The highest BCUT2D eigenvalue weighted by Crippen LogP contribution is 2.23. The number of para-hydroxylation sites is 2. The predicted molar refractivity (Wildman–Crippen MR) is 79.2 cm³/mol. The molecule has 0 bridgehead atoms. The van der Waals surface area contributed by atoms with Crippen LogP contribution in [-0.2, 0) is 6.54 Å². The summed E-state index contributed by atoms with van der Waals surface area (Å²) in [5, 5.41) is 1.08. The zero-order valence-corrected chi connectivity index (χ0v) is 11.8. The summed E-state index contributed by atoms with van der Waals surface area (Å²) in [5.74, 6) is 1.05. The Bertz CT molecular complexity index is 531. The fraction of sp³-hybridized carbons (Fsp3) is 0.357. The zero-order chi connectivity index (χ0) is 13.0. The van der Waals surface area contributed by atoms with Gasteiger partial charge in [0.15, 0.2) is 5.16 Å². The Morgan fingerprint density at radius 2 is 2.17 bits per heavy atom. The van der Waals surface area contributed by atoms with Crippen molar-refractivity contribution < 1.29 is 0 Å². The third-order valence-electron chi connectivity index (χ3n) is 2.70. The second kappa shape index (κ2) is 6.07. The molecule has 18 heavy (non-hydrogen) atoms. The molecular formula is C14H19N3S. The molecule has 1 heterocycles. The average molecular weight is 261 g/mol. The van der Waals surface area contributed by atoms with Crippen LogP contribution < -0.4 is 0 Å². The maximum atomic E-state index is 4.69. The van der Waals surface area contributed by atoms with E-state index < -0.39 is 0 Å². The summed E-state index contributed by atoms with van der Waals surface area (Å²) >= 11 is 1.80. The highest BCUT2D eigenvalue weighted by molar-refractivity contribution is 7.99. The first-order valence-electron chi connectivity index (χ1n) is 6.06. The number of rotatable bonds is 6. The van der Waals surface area contributed by atoms with Crippen LogP contribution in [0.5, 0.6) is 0 Å². The van der Waals surface area contributed by atoms with Gasteiger partial charge in [0.25, 0.3) is 0 Å². The third kappa shape index (κ3) is 2.94. The lowest BCUT2D eigenvalue weighted by Crippen LogP contribution is -2.15. The molecule has 0 aliphatic heterocycles. The highest BCUT2D eigenvalue weighted by atomic mass is 32.2. The van der Waals surface area contributed by atoms with Crippen molar-refractivity contribution in [2.24, 2.45) is 0 Å². The Morgan fingerprint density at radius 3 is 2.89 bits per heavy atom. The lowest BCUT2D eigenvalue weighted by molar-refractivity contribution is 0.437. The van der Waals surface area contributed by atoms with Crippen molar-refractivity contribution in [1.29, 1.82) is 0 Å². The van der Waals surface area contributed by atoms with E-state index in [-0.39, 0.29) is 0 Å². The van der Waals surface area contributed by atoms with E-state index in [1.54, 1.807) is 11.8 Å². The molecule has 0 saturated carbocycles. The van der Waals surface area contributed by atoms with Crippen LogP contribution in [0.2, 0.25) is 0 Å². The van der Waals surface area contributed by atoms with Gasteiger partial charge in [0.1, 0.15) is 0 Å². The maximum absolute atomic E-state index is 4.69. The number of fused-ring (bicyclic) bond motifs is 1. The average Bonchev–Trinajstić information content (AvgIpc) is 2.68. The molecule has 2 rings (SSSR count). The van der Waals surface area contributed by atoms with Crippen LogP contribution in [0.4, 0.5) is 0 Å². The fourth-order valence-electron chi connectivity index (χ4n) is 1.79. The van der Waals surface area contributed by atoms with E-state index in [2.05, 4.69) is 53.3 Å². The number of hydrogen-bond donors (Lipinski definition) is 0. The zero-order valence-electron chi connectivity index (χ0n) is 11.0. The summed E-state index contributed by atoms with van der Waals surface area (Å²) in [4.78, 5) is 6.88. The molecule has 0 aliphatic carbocycles. The summed E-state index contributed by atoms with van der Waals surface area (Å²) < 4.78 is 2.22. The molecule has 0 amide bonds. The van der Waals surface area contributed by atoms with Crippen LogP contribution in [-0.4, -0.2) is 40.8 Å². The lowest BCUT2D eigenvalue weighted by atomic mass is 10.3. The van der Waals surface area contributed by atoms with Gasteiger partial charge in [-0.3, -0.25) is 0 Å². The number of benzene rings is 1. The lowest BCUT2D eigenvalue weighted by Gasteiger charge is -2.09. The molecule has 0 aliphatic rings. The molecule has 0 unspecified atom stereocenters. The van der Waals surface area contributed by atoms with Gasteiger partial charge in [0.2, 0.25) is 0 Å². The minimum atomic E-state index is 0.810. The van der Waals surface area contributed by atoms with Gasteiger partial charge < -0.3 is 9.47 Å². The van der Waals surface area contributed by atoms with Gasteiger partial charge in [0.05, 0.1) is 11.0 Å². The first kappa shape index (κ1) is 13.2. The largest absolute Gasteiger partial charge is 0.315 e. The van der Waals surface area contributed by atoms with Gasteiger partial charge in [-0.25, -0.2) is 4.98 Å². The molecule has 0 spiro atoms. The molecule has 3 nitrogen and oxygen atoms in total. The first-order chi connectivity index (χ1) is 8.72. The summed E-state index contributed by atoms with van der Waals surface area (Å²) in [6, 6.07) is 8.26.